The molecule has 0 nitrogen and oxygen atoms in total. The lowest BCUT2D eigenvalue weighted by molar-refractivity contribution is 0.0970. The van der Waals surface area contributed by atoms with Crippen LogP contribution in [0.3, 0.4) is 0 Å². The van der Waals surface area contributed by atoms with Crippen molar-refractivity contribution in [3.8, 4) is 0 Å². The maximum atomic E-state index is 13.1. The van der Waals surface area contributed by atoms with Crippen LogP contribution in [0.25, 0.3) is 0 Å². The van der Waals surface area contributed by atoms with Crippen molar-refractivity contribution in [3.63, 3.8) is 0 Å². The Balaban J connectivity index is 2.02. The van der Waals surface area contributed by atoms with Gasteiger partial charge in [-0.25, -0.2) is 8.78 Å². The molecule has 1 aliphatic carbocycles. The minimum absolute atomic E-state index is 0.503. The molecule has 0 spiro atoms. The van der Waals surface area contributed by atoms with Crippen LogP contribution in [-0.2, 0) is 0 Å². The maximum absolute atomic E-state index is 13.1. The summed E-state index contributed by atoms with van der Waals surface area (Å²) in [6, 6.07) is 9.25. The number of halogens is 2. The standard InChI is InChI=1S/C15H20F2/c16-15(17)14(13-9-5-2-6-10-13)11-12-7-3-1-4-8-12/h2,5-6,9-10,12,14-15H,1,3-4,7-8,11H2. The lowest BCUT2D eigenvalue weighted by Crippen LogP contribution is -2.16. The molecule has 1 fully saturated rings. The van der Waals surface area contributed by atoms with Crippen LogP contribution in [0.4, 0.5) is 8.78 Å². The monoisotopic (exact) mass is 238 g/mol. The zero-order valence-electron chi connectivity index (χ0n) is 10.1. The molecule has 2 heteroatoms. The summed E-state index contributed by atoms with van der Waals surface area (Å²) < 4.78 is 26.3. The number of alkyl halides is 2. The molecule has 1 aliphatic rings. The summed E-state index contributed by atoms with van der Waals surface area (Å²) in [7, 11) is 0. The number of rotatable bonds is 4. The normalized spacial score (nSPS) is 19.5. The lowest BCUT2D eigenvalue weighted by atomic mass is 9.81. The van der Waals surface area contributed by atoms with Crippen LogP contribution in [0.2, 0.25) is 0 Å². The van der Waals surface area contributed by atoms with Crippen molar-refractivity contribution in [2.24, 2.45) is 5.92 Å². The highest BCUT2D eigenvalue weighted by Crippen LogP contribution is 2.36. The van der Waals surface area contributed by atoms with Gasteiger partial charge in [-0.1, -0.05) is 62.4 Å². The first-order valence-electron chi connectivity index (χ1n) is 6.60. The first-order valence-corrected chi connectivity index (χ1v) is 6.60. The number of benzene rings is 1. The SMILES string of the molecule is FC(F)C(CC1CCCCC1)c1ccccc1. The quantitative estimate of drug-likeness (QED) is 0.692. The summed E-state index contributed by atoms with van der Waals surface area (Å²) in [5.74, 6) is -0.0674. The summed E-state index contributed by atoms with van der Waals surface area (Å²) in [6.07, 6.45) is 4.40. The van der Waals surface area contributed by atoms with Crippen LogP contribution in [0.15, 0.2) is 30.3 Å². The molecule has 1 atom stereocenters. The van der Waals surface area contributed by atoms with E-state index in [9.17, 15) is 8.78 Å². The topological polar surface area (TPSA) is 0 Å². The minimum Gasteiger partial charge on any atom is -0.210 e. The third kappa shape index (κ3) is 3.52. The Morgan fingerprint density at radius 2 is 1.65 bits per heavy atom. The van der Waals surface area contributed by atoms with Crippen molar-refractivity contribution in [3.05, 3.63) is 35.9 Å². The molecule has 0 amide bonds. The molecule has 0 radical (unpaired) electrons. The highest BCUT2D eigenvalue weighted by Gasteiger charge is 2.26. The Morgan fingerprint density at radius 1 is 1.00 bits per heavy atom. The van der Waals surface area contributed by atoms with Crippen LogP contribution in [-0.4, -0.2) is 6.43 Å². The molecule has 1 saturated carbocycles. The third-order valence-electron chi connectivity index (χ3n) is 3.84. The van der Waals surface area contributed by atoms with Gasteiger partial charge in [0.2, 0.25) is 6.43 Å². The largest absolute Gasteiger partial charge is 0.245 e. The average Bonchev–Trinajstić information content (AvgIpc) is 2.38. The van der Waals surface area contributed by atoms with E-state index in [4.69, 9.17) is 0 Å². The smallest absolute Gasteiger partial charge is 0.210 e. The van der Waals surface area contributed by atoms with Gasteiger partial charge in [0.05, 0.1) is 0 Å². The van der Waals surface area contributed by atoms with Gasteiger partial charge in [-0.3, -0.25) is 0 Å². The molecule has 0 aromatic heterocycles. The Hall–Kier alpha value is -0.920. The van der Waals surface area contributed by atoms with E-state index in [0.29, 0.717) is 12.3 Å². The Labute approximate surface area is 102 Å². The molecular weight excluding hydrogens is 218 g/mol. The molecule has 17 heavy (non-hydrogen) atoms. The predicted octanol–water partition coefficient (Wildman–Crippen LogP) is 5.01. The van der Waals surface area contributed by atoms with Gasteiger partial charge in [-0.05, 0) is 17.9 Å². The molecule has 0 saturated heterocycles. The summed E-state index contributed by atoms with van der Waals surface area (Å²) in [6.45, 7) is 0. The van der Waals surface area contributed by atoms with Gasteiger partial charge in [-0.15, -0.1) is 0 Å². The van der Waals surface area contributed by atoms with Gasteiger partial charge in [0.1, 0.15) is 0 Å². The highest BCUT2D eigenvalue weighted by molar-refractivity contribution is 5.20. The summed E-state index contributed by atoms with van der Waals surface area (Å²) in [5, 5.41) is 0. The van der Waals surface area contributed by atoms with Gasteiger partial charge in [0.25, 0.3) is 0 Å². The fourth-order valence-electron chi connectivity index (χ4n) is 2.87. The predicted molar refractivity (Wildman–Crippen MR) is 66.4 cm³/mol. The molecule has 0 aliphatic heterocycles. The van der Waals surface area contributed by atoms with Crippen molar-refractivity contribution in [2.45, 2.75) is 50.9 Å². The molecule has 0 N–H and O–H groups in total. The van der Waals surface area contributed by atoms with Crippen LogP contribution < -0.4 is 0 Å². The second-order valence-electron chi connectivity index (χ2n) is 5.09. The molecule has 1 aromatic rings. The second kappa shape index (κ2) is 6.13. The fraction of sp³-hybridized carbons (Fsp3) is 0.600. The summed E-state index contributed by atoms with van der Waals surface area (Å²) in [4.78, 5) is 0. The second-order valence-corrected chi connectivity index (χ2v) is 5.09. The Kier molecular flexibility index (Phi) is 4.52. The van der Waals surface area contributed by atoms with Crippen molar-refractivity contribution in [1.82, 2.24) is 0 Å². The van der Waals surface area contributed by atoms with Crippen LogP contribution in [0.1, 0.15) is 50.0 Å². The molecule has 1 unspecified atom stereocenters. The zero-order valence-corrected chi connectivity index (χ0v) is 10.1. The minimum atomic E-state index is -2.24. The van der Waals surface area contributed by atoms with Crippen LogP contribution in [0, 0.1) is 5.92 Å². The van der Waals surface area contributed by atoms with E-state index in [1.165, 1.54) is 19.3 Å². The van der Waals surface area contributed by atoms with E-state index >= 15 is 0 Å². The molecule has 0 bridgehead atoms. The maximum Gasteiger partial charge on any atom is 0.245 e. The van der Waals surface area contributed by atoms with Gasteiger partial charge in [-0.2, -0.15) is 0 Å². The van der Waals surface area contributed by atoms with Crippen LogP contribution in [0.5, 0.6) is 0 Å². The van der Waals surface area contributed by atoms with Gasteiger partial charge in [0.15, 0.2) is 0 Å². The molecule has 0 heterocycles. The number of hydrogen-bond donors (Lipinski definition) is 0. The van der Waals surface area contributed by atoms with Gasteiger partial charge in [0, 0.05) is 5.92 Å². The first kappa shape index (κ1) is 12.5. The van der Waals surface area contributed by atoms with E-state index in [0.717, 1.165) is 18.4 Å². The molecular formula is C15H20F2. The van der Waals surface area contributed by atoms with Crippen LogP contribution >= 0.6 is 0 Å². The average molecular weight is 238 g/mol. The summed E-state index contributed by atoms with van der Waals surface area (Å²) in [5.41, 5.74) is 0.799. The Bertz CT molecular complexity index is 315. The Morgan fingerprint density at radius 3 is 2.24 bits per heavy atom. The van der Waals surface area contributed by atoms with E-state index < -0.39 is 12.3 Å². The highest BCUT2D eigenvalue weighted by atomic mass is 19.3. The third-order valence-corrected chi connectivity index (χ3v) is 3.84. The van der Waals surface area contributed by atoms with E-state index in [1.807, 2.05) is 30.3 Å². The molecule has 2 rings (SSSR count). The van der Waals surface area contributed by atoms with E-state index in [2.05, 4.69) is 0 Å². The van der Waals surface area contributed by atoms with Gasteiger partial charge >= 0.3 is 0 Å². The van der Waals surface area contributed by atoms with Crippen molar-refractivity contribution >= 4 is 0 Å². The molecule has 94 valence electrons. The number of hydrogen-bond acceptors (Lipinski definition) is 0. The van der Waals surface area contributed by atoms with Crippen molar-refractivity contribution in [2.75, 3.05) is 0 Å². The first-order chi connectivity index (χ1) is 8.27. The van der Waals surface area contributed by atoms with Gasteiger partial charge < -0.3 is 0 Å². The fourth-order valence-corrected chi connectivity index (χ4v) is 2.87. The van der Waals surface area contributed by atoms with E-state index in [-0.39, 0.29) is 0 Å². The van der Waals surface area contributed by atoms with Crippen molar-refractivity contribution in [1.29, 1.82) is 0 Å². The molecule has 1 aromatic carbocycles. The zero-order chi connectivity index (χ0) is 12.1. The van der Waals surface area contributed by atoms with E-state index in [1.54, 1.807) is 0 Å². The lowest BCUT2D eigenvalue weighted by Gasteiger charge is -2.26. The summed E-state index contributed by atoms with van der Waals surface area (Å²) >= 11 is 0. The van der Waals surface area contributed by atoms with Crippen molar-refractivity contribution < 1.29 is 8.78 Å².